The number of carbonyl (C=O) groups excluding carboxylic acids is 1. The minimum absolute atomic E-state index is 0.169. The van der Waals surface area contributed by atoms with Crippen LogP contribution in [0.5, 0.6) is 0 Å². The maximum absolute atomic E-state index is 12.6. The first-order valence-electron chi connectivity index (χ1n) is 7.53. The van der Waals surface area contributed by atoms with Crippen LogP contribution in [0, 0.1) is 12.7 Å². The monoisotopic (exact) mass is 377 g/mol. The summed E-state index contributed by atoms with van der Waals surface area (Å²) < 4.78 is 18.0. The number of aryl methyl sites for hydroxylation is 1. The first-order chi connectivity index (χ1) is 12.8. The Labute approximate surface area is 151 Å². The van der Waals surface area contributed by atoms with Crippen LogP contribution in [0.1, 0.15) is 32.1 Å². The number of rotatable bonds is 3. The van der Waals surface area contributed by atoms with Crippen molar-refractivity contribution in [2.45, 2.75) is 13.5 Å². The Morgan fingerprint density at radius 3 is 2.59 bits per heavy atom. The first-order valence-corrected chi connectivity index (χ1v) is 7.53. The van der Waals surface area contributed by atoms with Gasteiger partial charge in [0, 0.05) is 12.6 Å². The number of H-pyrrole nitrogens is 1. The summed E-state index contributed by atoms with van der Waals surface area (Å²) in [7, 11) is 1.13. The van der Waals surface area contributed by atoms with Crippen LogP contribution in [0.25, 0.3) is 5.78 Å². The molecule has 142 valence electrons. The highest BCUT2D eigenvalue weighted by molar-refractivity contribution is 5.92. The maximum Gasteiger partial charge on any atom is 0.363 e. The lowest BCUT2D eigenvalue weighted by Gasteiger charge is -2.03. The number of carboxylic acid groups (broad SMARTS) is 1. The Balaban J connectivity index is 0.000000223. The number of esters is 1. The van der Waals surface area contributed by atoms with Gasteiger partial charge in [0.2, 0.25) is 0 Å². The molecule has 3 rings (SSSR count). The molecule has 0 spiro atoms. The number of benzene rings is 1. The number of hydrogen-bond acceptors (Lipinski definition) is 7. The number of aromatic carboxylic acids is 1. The Bertz CT molecular complexity index is 1060. The van der Waals surface area contributed by atoms with Crippen LogP contribution in [0.2, 0.25) is 0 Å². The number of hydrogen-bond donors (Lipinski definition) is 3. The summed E-state index contributed by atoms with van der Waals surface area (Å²) in [4.78, 5) is 40.2. The molecule has 0 unspecified atom stereocenters. The molecular weight excluding hydrogens is 361 g/mol. The van der Waals surface area contributed by atoms with Crippen LogP contribution in [-0.4, -0.2) is 43.7 Å². The van der Waals surface area contributed by atoms with Crippen LogP contribution in [0.4, 0.5) is 4.39 Å². The molecule has 2 aromatic heterocycles. The second-order valence-corrected chi connectivity index (χ2v) is 5.28. The summed E-state index contributed by atoms with van der Waals surface area (Å²) in [5.74, 6) is -2.53. The molecule has 0 aliphatic heterocycles. The van der Waals surface area contributed by atoms with Gasteiger partial charge < -0.3 is 15.6 Å². The number of halogens is 1. The number of aromatic amines is 1. The molecule has 1 aromatic carbocycles. The predicted octanol–water partition coefficient (Wildman–Crippen LogP) is 0.495. The molecule has 0 atom stereocenters. The zero-order valence-corrected chi connectivity index (χ0v) is 14.4. The number of carbonyl (C=O) groups is 2. The molecule has 0 radical (unpaired) electrons. The first kappa shape index (κ1) is 19.7. The van der Waals surface area contributed by atoms with E-state index in [-0.39, 0.29) is 17.3 Å². The van der Waals surface area contributed by atoms with Crippen LogP contribution < -0.4 is 11.4 Å². The molecule has 0 saturated carbocycles. The Morgan fingerprint density at radius 1 is 1.33 bits per heavy atom. The fraction of sp³-hybridized carbons (Fsp3) is 0.188. The van der Waals surface area contributed by atoms with Crippen LogP contribution in [-0.2, 0) is 11.3 Å². The van der Waals surface area contributed by atoms with Gasteiger partial charge in [-0.1, -0.05) is 12.1 Å². The van der Waals surface area contributed by atoms with E-state index < -0.39 is 23.3 Å². The van der Waals surface area contributed by atoms with E-state index >= 15 is 0 Å². The molecule has 0 fully saturated rings. The summed E-state index contributed by atoms with van der Waals surface area (Å²) in [6.45, 7) is 2.20. The van der Waals surface area contributed by atoms with Crippen molar-refractivity contribution in [2.75, 3.05) is 7.11 Å². The summed E-state index contributed by atoms with van der Waals surface area (Å²) in [5.41, 5.74) is 5.65. The van der Waals surface area contributed by atoms with E-state index in [0.29, 0.717) is 12.1 Å². The Morgan fingerprint density at radius 2 is 2.04 bits per heavy atom. The van der Waals surface area contributed by atoms with Gasteiger partial charge in [-0.2, -0.15) is 4.98 Å². The highest BCUT2D eigenvalue weighted by Gasteiger charge is 2.18. The zero-order chi connectivity index (χ0) is 20.1. The highest BCUT2D eigenvalue weighted by atomic mass is 19.1. The Kier molecular flexibility index (Phi) is 5.98. The number of aromatic nitrogens is 4. The summed E-state index contributed by atoms with van der Waals surface area (Å²) in [5, 5.41) is 11.0. The van der Waals surface area contributed by atoms with E-state index in [0.717, 1.165) is 23.3 Å². The molecule has 0 saturated heterocycles. The van der Waals surface area contributed by atoms with Crippen LogP contribution in [0.15, 0.2) is 29.1 Å². The molecule has 10 nitrogen and oxygen atoms in total. The van der Waals surface area contributed by atoms with E-state index in [1.54, 1.807) is 19.1 Å². The number of nitrogens with one attached hydrogen (secondary N) is 1. The highest BCUT2D eigenvalue weighted by Crippen LogP contribution is 2.08. The topological polar surface area (TPSA) is 153 Å². The van der Waals surface area contributed by atoms with Crippen molar-refractivity contribution in [3.8, 4) is 0 Å². The second kappa shape index (κ2) is 8.19. The minimum atomic E-state index is -1.34. The number of nitrogens with two attached hydrogens (primary N) is 1. The standard InChI is InChI=1S/C8H10FN.C8H6N4O5/c1-6-4-7(5-10)2-3-8(6)9;1-17-6(15)4-2-3(5(13)14)9-7-10-8(16)11-12(4)7/h2-4H,5,10H2,1H3;2H,1H3,(H,11,16)(H,13,14). The average molecular weight is 377 g/mol. The molecule has 0 bridgehead atoms. The number of methoxy groups -OCH3 is 1. The van der Waals surface area contributed by atoms with E-state index in [2.05, 4.69) is 19.8 Å². The van der Waals surface area contributed by atoms with E-state index in [1.807, 2.05) is 0 Å². The van der Waals surface area contributed by atoms with Crippen LogP contribution >= 0.6 is 0 Å². The van der Waals surface area contributed by atoms with Gasteiger partial charge in [-0.05, 0) is 24.1 Å². The molecule has 4 N–H and O–H groups in total. The third kappa shape index (κ3) is 4.52. The van der Waals surface area contributed by atoms with Crippen molar-refractivity contribution < 1.29 is 23.8 Å². The molecule has 27 heavy (non-hydrogen) atoms. The van der Waals surface area contributed by atoms with Gasteiger partial charge in [-0.3, -0.25) is 0 Å². The van der Waals surface area contributed by atoms with Crippen molar-refractivity contribution in [1.29, 1.82) is 0 Å². The van der Waals surface area contributed by atoms with E-state index in [9.17, 15) is 18.8 Å². The summed E-state index contributed by atoms with van der Waals surface area (Å²) >= 11 is 0. The molecule has 0 aliphatic carbocycles. The molecule has 0 amide bonds. The smallest absolute Gasteiger partial charge is 0.363 e. The Hall–Kier alpha value is -3.60. The normalized spacial score (nSPS) is 10.2. The average Bonchev–Trinajstić information content (AvgIpc) is 3.03. The largest absolute Gasteiger partial charge is 0.477 e. The fourth-order valence-corrected chi connectivity index (χ4v) is 2.09. The zero-order valence-electron chi connectivity index (χ0n) is 14.4. The third-order valence-electron chi connectivity index (χ3n) is 3.42. The summed E-state index contributed by atoms with van der Waals surface area (Å²) in [6, 6.07) is 5.88. The van der Waals surface area contributed by atoms with Crippen LogP contribution in [0.3, 0.4) is 0 Å². The number of fused-ring (bicyclic) bond motifs is 1. The van der Waals surface area contributed by atoms with Crippen molar-refractivity contribution in [3.05, 3.63) is 63.1 Å². The van der Waals surface area contributed by atoms with Crippen molar-refractivity contribution in [2.24, 2.45) is 5.73 Å². The lowest BCUT2D eigenvalue weighted by molar-refractivity contribution is 0.0590. The van der Waals surface area contributed by atoms with Crippen molar-refractivity contribution in [1.82, 2.24) is 19.6 Å². The second-order valence-electron chi connectivity index (χ2n) is 5.28. The lowest BCUT2D eigenvalue weighted by atomic mass is 10.1. The minimum Gasteiger partial charge on any atom is -0.477 e. The lowest BCUT2D eigenvalue weighted by Crippen LogP contribution is -2.14. The van der Waals surface area contributed by atoms with E-state index in [1.165, 1.54) is 6.07 Å². The van der Waals surface area contributed by atoms with Gasteiger partial charge in [0.05, 0.1) is 7.11 Å². The quantitative estimate of drug-likeness (QED) is 0.558. The third-order valence-corrected chi connectivity index (χ3v) is 3.42. The van der Waals surface area contributed by atoms with Gasteiger partial charge in [-0.25, -0.2) is 33.4 Å². The summed E-state index contributed by atoms with van der Waals surface area (Å²) in [6.07, 6.45) is 0. The number of ether oxygens (including phenoxy) is 1. The molecule has 0 aliphatic rings. The van der Waals surface area contributed by atoms with Gasteiger partial charge in [0.1, 0.15) is 5.82 Å². The van der Waals surface area contributed by atoms with Gasteiger partial charge >= 0.3 is 17.6 Å². The van der Waals surface area contributed by atoms with Crippen molar-refractivity contribution >= 4 is 17.7 Å². The number of carboxylic acids is 1. The van der Waals surface area contributed by atoms with Gasteiger partial charge in [-0.15, -0.1) is 0 Å². The molecule has 11 heteroatoms. The molecular formula is C16H16FN5O5. The maximum atomic E-state index is 12.6. The molecule has 3 aromatic rings. The SMILES string of the molecule is COC(=O)c1cc(C(=O)O)nc2nc(=O)[nH]n12.Cc1cc(CN)ccc1F. The fourth-order valence-electron chi connectivity index (χ4n) is 2.09. The van der Waals surface area contributed by atoms with Crippen molar-refractivity contribution in [3.63, 3.8) is 0 Å². The predicted molar refractivity (Wildman–Crippen MR) is 90.9 cm³/mol. The van der Waals surface area contributed by atoms with E-state index in [4.69, 9.17) is 10.8 Å². The number of nitrogens with zero attached hydrogens (tertiary/aromatic N) is 3. The molecule has 2 heterocycles. The van der Waals surface area contributed by atoms with Gasteiger partial charge in [0.15, 0.2) is 11.4 Å². The van der Waals surface area contributed by atoms with Gasteiger partial charge in [0.25, 0.3) is 5.78 Å².